The molecule has 0 spiro atoms. The standard InChI is InChI=1S/C19H21N3O4/c1-3-20-19(26)17(24)14(11-13-7-5-4-6-8-13)21-18(25)16-12(2)9-10-15(23)22-16/h4-10,14H,3,11H2,1-2H3,(H,20,26)(H,21,25)(H,22,23)/t14-/m0/s1. The van der Waals surface area contributed by atoms with Crippen LogP contribution in [0.5, 0.6) is 0 Å². The second-order valence-electron chi connectivity index (χ2n) is 5.82. The molecule has 2 aromatic rings. The van der Waals surface area contributed by atoms with E-state index in [0.29, 0.717) is 12.1 Å². The van der Waals surface area contributed by atoms with Crippen LogP contribution in [0.15, 0.2) is 47.3 Å². The summed E-state index contributed by atoms with van der Waals surface area (Å²) in [4.78, 5) is 50.9. The molecule has 1 aromatic heterocycles. The van der Waals surface area contributed by atoms with Crippen LogP contribution in [-0.2, 0) is 16.0 Å². The van der Waals surface area contributed by atoms with Gasteiger partial charge in [0.25, 0.3) is 11.8 Å². The van der Waals surface area contributed by atoms with Gasteiger partial charge >= 0.3 is 0 Å². The molecule has 2 amide bonds. The lowest BCUT2D eigenvalue weighted by molar-refractivity contribution is -0.138. The Morgan fingerprint density at radius 3 is 2.42 bits per heavy atom. The summed E-state index contributed by atoms with van der Waals surface area (Å²) in [5.74, 6) is -2.11. The fourth-order valence-corrected chi connectivity index (χ4v) is 2.48. The molecule has 7 heteroatoms. The molecule has 0 aliphatic heterocycles. The van der Waals surface area contributed by atoms with Crippen molar-refractivity contribution in [3.63, 3.8) is 0 Å². The Kier molecular flexibility index (Phi) is 6.43. The van der Waals surface area contributed by atoms with Crippen molar-refractivity contribution in [2.45, 2.75) is 26.3 Å². The summed E-state index contributed by atoms with van der Waals surface area (Å²) < 4.78 is 0. The molecule has 0 fully saturated rings. The van der Waals surface area contributed by atoms with E-state index >= 15 is 0 Å². The van der Waals surface area contributed by atoms with Gasteiger partial charge in [-0.25, -0.2) is 0 Å². The molecule has 2 rings (SSSR count). The van der Waals surface area contributed by atoms with Gasteiger partial charge in [-0.3, -0.25) is 19.2 Å². The van der Waals surface area contributed by atoms with Gasteiger partial charge in [-0.05, 0) is 25.0 Å². The Morgan fingerprint density at radius 2 is 1.77 bits per heavy atom. The summed E-state index contributed by atoms with van der Waals surface area (Å²) in [6, 6.07) is 10.9. The number of rotatable bonds is 7. The number of carbonyl (C=O) groups excluding carboxylic acids is 3. The lowest BCUT2D eigenvalue weighted by Gasteiger charge is -2.18. The Balaban J connectivity index is 2.26. The normalized spacial score (nSPS) is 11.5. The van der Waals surface area contributed by atoms with Crippen LogP contribution >= 0.6 is 0 Å². The van der Waals surface area contributed by atoms with Gasteiger partial charge in [0.1, 0.15) is 11.7 Å². The SMILES string of the molecule is CCNC(=O)C(=O)[C@H](Cc1ccccc1)NC(=O)c1[nH]c(=O)ccc1C. The zero-order chi connectivity index (χ0) is 19.1. The Labute approximate surface area is 150 Å². The fraction of sp³-hybridized carbons (Fsp3) is 0.263. The van der Waals surface area contributed by atoms with Gasteiger partial charge in [-0.15, -0.1) is 0 Å². The van der Waals surface area contributed by atoms with Crippen molar-refractivity contribution in [2.24, 2.45) is 0 Å². The summed E-state index contributed by atoms with van der Waals surface area (Å²) >= 11 is 0. The molecule has 0 bridgehead atoms. The Bertz CT molecular complexity index is 859. The average Bonchev–Trinajstić information content (AvgIpc) is 2.63. The minimum absolute atomic E-state index is 0.0688. The molecule has 1 atom stereocenters. The first-order valence-corrected chi connectivity index (χ1v) is 8.29. The minimum Gasteiger partial charge on any atom is -0.350 e. The smallest absolute Gasteiger partial charge is 0.289 e. The van der Waals surface area contributed by atoms with Gasteiger partial charge in [-0.1, -0.05) is 36.4 Å². The van der Waals surface area contributed by atoms with Crippen LogP contribution in [0, 0.1) is 6.92 Å². The number of ketones is 1. The number of nitrogens with one attached hydrogen (secondary N) is 3. The molecule has 0 aliphatic carbocycles. The maximum absolute atomic E-state index is 12.5. The lowest BCUT2D eigenvalue weighted by Crippen LogP contribution is -2.49. The molecular weight excluding hydrogens is 334 g/mol. The zero-order valence-corrected chi connectivity index (χ0v) is 14.7. The monoisotopic (exact) mass is 355 g/mol. The minimum atomic E-state index is -1.04. The first-order chi connectivity index (χ1) is 12.4. The molecule has 0 saturated heterocycles. The van der Waals surface area contributed by atoms with Crippen molar-refractivity contribution >= 4 is 17.6 Å². The molecule has 1 heterocycles. The zero-order valence-electron chi connectivity index (χ0n) is 14.7. The Morgan fingerprint density at radius 1 is 1.08 bits per heavy atom. The third-order valence-corrected chi connectivity index (χ3v) is 3.82. The second-order valence-corrected chi connectivity index (χ2v) is 5.82. The van der Waals surface area contributed by atoms with Crippen molar-refractivity contribution in [3.8, 4) is 0 Å². The van der Waals surface area contributed by atoms with Crippen LogP contribution in [0.2, 0.25) is 0 Å². The van der Waals surface area contributed by atoms with Gasteiger partial charge in [0.15, 0.2) is 0 Å². The van der Waals surface area contributed by atoms with E-state index in [2.05, 4.69) is 15.6 Å². The summed E-state index contributed by atoms with van der Waals surface area (Å²) in [5.41, 5.74) is 1.01. The number of benzene rings is 1. The van der Waals surface area contributed by atoms with Crippen LogP contribution in [0.4, 0.5) is 0 Å². The number of carbonyl (C=O) groups is 3. The molecule has 1 aromatic carbocycles. The molecule has 136 valence electrons. The molecule has 0 saturated carbocycles. The molecule has 26 heavy (non-hydrogen) atoms. The van der Waals surface area contributed by atoms with Gasteiger partial charge in [0, 0.05) is 19.0 Å². The van der Waals surface area contributed by atoms with Gasteiger partial charge < -0.3 is 15.6 Å². The first kappa shape index (κ1) is 19.1. The highest BCUT2D eigenvalue weighted by molar-refractivity contribution is 6.38. The number of pyridine rings is 1. The quantitative estimate of drug-likeness (QED) is 0.636. The van der Waals surface area contributed by atoms with E-state index in [-0.39, 0.29) is 12.1 Å². The number of amides is 2. The maximum Gasteiger partial charge on any atom is 0.289 e. The summed E-state index contributed by atoms with van der Waals surface area (Å²) in [5, 5.41) is 5.02. The fourth-order valence-electron chi connectivity index (χ4n) is 2.48. The lowest BCUT2D eigenvalue weighted by atomic mass is 10.0. The van der Waals surface area contributed by atoms with Crippen molar-refractivity contribution < 1.29 is 14.4 Å². The molecule has 3 N–H and O–H groups in total. The van der Waals surface area contributed by atoms with E-state index in [1.165, 1.54) is 12.1 Å². The molecular formula is C19H21N3O4. The van der Waals surface area contributed by atoms with Crippen LogP contribution in [-0.4, -0.2) is 35.2 Å². The van der Waals surface area contributed by atoms with E-state index in [1.807, 2.05) is 18.2 Å². The van der Waals surface area contributed by atoms with Crippen molar-refractivity contribution in [1.82, 2.24) is 15.6 Å². The predicted octanol–water partition coefficient (Wildman–Crippen LogP) is 0.730. The number of aromatic nitrogens is 1. The van der Waals surface area contributed by atoms with Crippen LogP contribution in [0.25, 0.3) is 0 Å². The van der Waals surface area contributed by atoms with Crippen molar-refractivity contribution in [2.75, 3.05) is 6.54 Å². The van der Waals surface area contributed by atoms with Crippen LogP contribution in [0.1, 0.15) is 28.5 Å². The summed E-state index contributed by atoms with van der Waals surface area (Å²) in [6.45, 7) is 3.68. The van der Waals surface area contributed by atoms with E-state index in [9.17, 15) is 19.2 Å². The largest absolute Gasteiger partial charge is 0.350 e. The number of hydrogen-bond donors (Lipinski definition) is 3. The average molecular weight is 355 g/mol. The van der Waals surface area contributed by atoms with Gasteiger partial charge in [-0.2, -0.15) is 0 Å². The van der Waals surface area contributed by atoms with E-state index in [1.54, 1.807) is 26.0 Å². The highest BCUT2D eigenvalue weighted by Gasteiger charge is 2.27. The maximum atomic E-state index is 12.5. The number of hydrogen-bond acceptors (Lipinski definition) is 4. The highest BCUT2D eigenvalue weighted by atomic mass is 16.2. The highest BCUT2D eigenvalue weighted by Crippen LogP contribution is 2.07. The number of Topliss-reactive ketones (excluding diaryl/α,β-unsaturated/α-hetero) is 1. The van der Waals surface area contributed by atoms with Crippen LogP contribution in [0.3, 0.4) is 0 Å². The molecule has 0 radical (unpaired) electrons. The van der Waals surface area contributed by atoms with Gasteiger partial charge in [0.2, 0.25) is 11.3 Å². The molecule has 7 nitrogen and oxygen atoms in total. The predicted molar refractivity (Wildman–Crippen MR) is 96.9 cm³/mol. The third kappa shape index (κ3) is 4.89. The first-order valence-electron chi connectivity index (χ1n) is 8.29. The summed E-state index contributed by atoms with van der Waals surface area (Å²) in [7, 11) is 0. The topological polar surface area (TPSA) is 108 Å². The van der Waals surface area contributed by atoms with Gasteiger partial charge in [0.05, 0.1) is 0 Å². The molecule has 0 aliphatic rings. The number of aromatic amines is 1. The Hall–Kier alpha value is -3.22. The van der Waals surface area contributed by atoms with Crippen molar-refractivity contribution in [1.29, 1.82) is 0 Å². The van der Waals surface area contributed by atoms with E-state index < -0.39 is 29.2 Å². The number of H-pyrrole nitrogens is 1. The van der Waals surface area contributed by atoms with E-state index in [4.69, 9.17) is 0 Å². The third-order valence-electron chi connectivity index (χ3n) is 3.82. The number of likely N-dealkylation sites (N-methyl/N-ethyl adjacent to an activating group) is 1. The number of aryl methyl sites for hydroxylation is 1. The van der Waals surface area contributed by atoms with E-state index in [0.717, 1.165) is 5.56 Å². The van der Waals surface area contributed by atoms with Crippen molar-refractivity contribution in [3.05, 3.63) is 69.6 Å². The van der Waals surface area contributed by atoms with Crippen LogP contribution < -0.4 is 16.2 Å². The second kappa shape index (κ2) is 8.75. The summed E-state index contributed by atoms with van der Waals surface area (Å²) in [6.07, 6.45) is 0.165. The molecule has 0 unspecified atom stereocenters.